The topological polar surface area (TPSA) is 222 Å². The second-order valence-corrected chi connectivity index (χ2v) is 28.3. The lowest BCUT2D eigenvalue weighted by Gasteiger charge is -2.58. The van der Waals surface area contributed by atoms with Gasteiger partial charge in [0.2, 0.25) is 0 Å². The van der Waals surface area contributed by atoms with Gasteiger partial charge in [0.25, 0.3) is 10.1 Å². The highest BCUT2D eigenvalue weighted by atomic mass is 32.2. The van der Waals surface area contributed by atoms with Crippen molar-refractivity contribution in [2.24, 2.45) is 27.8 Å². The molecule has 6 amide bonds. The van der Waals surface area contributed by atoms with Gasteiger partial charge >= 0.3 is 24.2 Å². The molecule has 6 heterocycles. The highest BCUT2D eigenvalue weighted by Gasteiger charge is 2.57. The van der Waals surface area contributed by atoms with Crippen LogP contribution < -0.4 is 0 Å². The quantitative estimate of drug-likeness (QED) is 0.0779. The Balaban J connectivity index is 0.000000214. The summed E-state index contributed by atoms with van der Waals surface area (Å²) in [6.07, 6.45) is 18.3. The number of piperidine rings is 2. The molecule has 0 unspecified atom stereocenters. The lowest BCUT2D eigenvalue weighted by atomic mass is 9.56. The maximum Gasteiger partial charge on any atom is 0.410 e. The van der Waals surface area contributed by atoms with Crippen LogP contribution in [0.15, 0.2) is 35.5 Å². The average Bonchev–Trinajstić information content (AvgIpc) is 3.09. The van der Waals surface area contributed by atoms with Gasteiger partial charge in [0.15, 0.2) is 11.6 Å². The van der Waals surface area contributed by atoms with Crippen molar-refractivity contribution in [2.75, 3.05) is 51.6 Å². The summed E-state index contributed by atoms with van der Waals surface area (Å²) >= 11 is 0. The SMILES string of the molecule is CC(C)(C)OC(=O)N1CC2(CC(CC(=O)[C@H]3CC[C@@H]4CN3C(=O)N4OCc3ccccc3)C2)C1.CCCCCCCC.CCCCN=O.CCCCS(=O)(=O)ON1C(=O)N2C[C@H]1CC[C@@H]2C(=O)CC1CC2(C1)CN(C(=O)OC(C)(C)C)C2. The first-order valence-corrected chi connectivity index (χ1v) is 32.4. The Morgan fingerprint density at radius 3 is 1.43 bits per heavy atom. The van der Waals surface area contributed by atoms with E-state index in [1.807, 2.05) is 85.7 Å². The van der Waals surface area contributed by atoms with Gasteiger partial charge in [-0.15, -0.1) is 4.28 Å². The maximum atomic E-state index is 13.1. The van der Waals surface area contributed by atoms with Gasteiger partial charge in [0, 0.05) is 62.9 Å². The first-order chi connectivity index (χ1) is 38.8. The minimum Gasteiger partial charge on any atom is -0.444 e. The van der Waals surface area contributed by atoms with E-state index in [0.717, 1.165) is 68.7 Å². The number of hydrogen-bond acceptors (Lipinski definition) is 14. The van der Waals surface area contributed by atoms with E-state index in [1.165, 1.54) is 48.5 Å². The molecule has 0 aromatic heterocycles. The van der Waals surface area contributed by atoms with E-state index in [-0.39, 0.29) is 70.4 Å². The number of rotatable bonds is 22. The Bertz CT molecular complexity index is 2400. The molecule has 2 spiro atoms. The molecule has 4 atom stereocenters. The molecule has 21 heteroatoms. The number of fused-ring (bicyclic) bond motifs is 4. The number of nitroso groups, excluding NO2 is 1. The van der Waals surface area contributed by atoms with Gasteiger partial charge in [-0.2, -0.15) is 23.5 Å². The first-order valence-electron chi connectivity index (χ1n) is 30.9. The number of hydroxylamine groups is 4. The van der Waals surface area contributed by atoms with Crippen LogP contribution in [0.4, 0.5) is 19.2 Å². The van der Waals surface area contributed by atoms with Crippen LogP contribution in [0.25, 0.3) is 0 Å². The Morgan fingerprint density at radius 2 is 1.02 bits per heavy atom. The van der Waals surface area contributed by atoms with Crippen molar-refractivity contribution in [3.63, 3.8) is 0 Å². The summed E-state index contributed by atoms with van der Waals surface area (Å²) in [5, 5.41) is 5.13. The van der Waals surface area contributed by atoms with Crippen molar-refractivity contribution in [3.05, 3.63) is 40.8 Å². The lowest BCUT2D eigenvalue weighted by Crippen LogP contribution is -2.64. The zero-order valence-corrected chi connectivity index (χ0v) is 52.0. The van der Waals surface area contributed by atoms with E-state index in [1.54, 1.807) is 14.7 Å². The second kappa shape index (κ2) is 29.3. The van der Waals surface area contributed by atoms with E-state index in [0.29, 0.717) is 90.2 Å². The second-order valence-electron chi connectivity index (χ2n) is 26.6. The Morgan fingerprint density at radius 1 is 0.598 bits per heavy atom. The summed E-state index contributed by atoms with van der Waals surface area (Å²) in [4.78, 5) is 98.2. The predicted molar refractivity (Wildman–Crippen MR) is 312 cm³/mol. The van der Waals surface area contributed by atoms with Gasteiger partial charge in [0.05, 0.1) is 36.5 Å². The molecule has 9 rings (SSSR count). The number of hydrogen-bond donors (Lipinski definition) is 0. The molecule has 6 saturated heterocycles. The molecule has 1 aromatic carbocycles. The van der Waals surface area contributed by atoms with Crippen molar-refractivity contribution in [1.29, 1.82) is 0 Å². The zero-order valence-electron chi connectivity index (χ0n) is 51.2. The predicted octanol–water partition coefficient (Wildman–Crippen LogP) is 11.8. The number of amides is 6. The van der Waals surface area contributed by atoms with Gasteiger partial charge in [-0.1, -0.05) is 115 Å². The number of benzene rings is 1. The standard InChI is InChI=1S/C26H35N3O5.C23H37N3O7S.C8H18.C4H9NO/c1-25(2,3)34-24(32)27-16-26(17-27)12-19(13-26)11-22(30)21-10-9-20-14-28(21)23(31)29(20)33-15-18-7-5-4-6-8-18;1-5-6-9-34(30,31)33-26-17-7-8-18(25(13-17)20(26)28)19(27)10-16-11-23(12-16)14-24(15-23)21(29)32-22(2,3)4;1-3-5-7-8-6-4-2;1-2-3-4-5-6/h4-8,19-21H,9-17H2,1-3H3;16-18H,5-15H2,1-4H3;3-8H2,1-2H3;2-4H2,1H3/t20-,21-;17-,18-;;/m11../s1. The van der Waals surface area contributed by atoms with Crippen LogP contribution in [-0.4, -0.2) is 161 Å². The molecular weight excluding hydrogens is 1070 g/mol. The van der Waals surface area contributed by atoms with Crippen molar-refractivity contribution in [1.82, 2.24) is 29.7 Å². The molecule has 1 aromatic rings. The van der Waals surface area contributed by atoms with E-state index >= 15 is 0 Å². The maximum absolute atomic E-state index is 13.1. The number of nitrogens with zero attached hydrogens (tertiary/aromatic N) is 7. The molecule has 0 N–H and O–H groups in total. The van der Waals surface area contributed by atoms with E-state index in [9.17, 15) is 42.1 Å². The molecule has 462 valence electrons. The van der Waals surface area contributed by atoms with Crippen molar-refractivity contribution in [3.8, 4) is 0 Å². The molecule has 8 fully saturated rings. The fraction of sp³-hybridized carbons (Fsp3) is 0.803. The van der Waals surface area contributed by atoms with Crippen LogP contribution in [0.2, 0.25) is 0 Å². The minimum atomic E-state index is -3.82. The first kappa shape index (κ1) is 66.3. The number of carbonyl (C=O) groups excluding carboxylic acids is 6. The Hall–Kier alpha value is -4.89. The fourth-order valence-corrected chi connectivity index (χ4v) is 14.0. The number of ether oxygens (including phenoxy) is 2. The van der Waals surface area contributed by atoms with Gasteiger partial charge in [-0.25, -0.2) is 19.2 Å². The van der Waals surface area contributed by atoms with Crippen molar-refractivity contribution < 1.29 is 55.8 Å². The molecular formula is C61H99N7O13S. The summed E-state index contributed by atoms with van der Waals surface area (Å²) in [5.74, 6) is 0.669. The van der Waals surface area contributed by atoms with E-state index in [2.05, 4.69) is 19.0 Å². The van der Waals surface area contributed by atoms with Gasteiger partial charge in [0.1, 0.15) is 17.8 Å². The number of likely N-dealkylation sites (tertiary alicyclic amines) is 2. The molecule has 2 aliphatic carbocycles. The minimum absolute atomic E-state index is 0.0149. The lowest BCUT2D eigenvalue weighted by molar-refractivity contribution is -0.140. The third-order valence-corrected chi connectivity index (χ3v) is 18.1. The highest BCUT2D eigenvalue weighted by Crippen LogP contribution is 2.55. The van der Waals surface area contributed by atoms with Crippen LogP contribution in [0.5, 0.6) is 0 Å². The third-order valence-electron chi connectivity index (χ3n) is 16.9. The number of unbranched alkanes of at least 4 members (excludes halogenated alkanes) is 7. The average molecular weight is 1170 g/mol. The number of urea groups is 2. The van der Waals surface area contributed by atoms with Gasteiger partial charge in [-0.3, -0.25) is 14.4 Å². The smallest absolute Gasteiger partial charge is 0.410 e. The molecule has 4 bridgehead atoms. The summed E-state index contributed by atoms with van der Waals surface area (Å²) in [6.45, 7) is 24.1. The van der Waals surface area contributed by atoms with Crippen LogP contribution in [0, 0.1) is 27.6 Å². The molecule has 0 radical (unpaired) electrons. The van der Waals surface area contributed by atoms with E-state index in [4.69, 9.17) is 18.6 Å². The molecule has 8 aliphatic rings. The Kier molecular flexibility index (Phi) is 23.7. The highest BCUT2D eigenvalue weighted by molar-refractivity contribution is 7.86. The molecule has 82 heavy (non-hydrogen) atoms. The van der Waals surface area contributed by atoms with Crippen molar-refractivity contribution >= 4 is 45.9 Å². The van der Waals surface area contributed by atoms with Crippen molar-refractivity contribution in [2.45, 2.75) is 240 Å². The molecule has 2 saturated carbocycles. The van der Waals surface area contributed by atoms with Crippen LogP contribution in [-0.2, 0) is 44.9 Å². The van der Waals surface area contributed by atoms with Crippen LogP contribution in [0.3, 0.4) is 0 Å². The summed E-state index contributed by atoms with van der Waals surface area (Å²) in [5.41, 5.74) is 0.272. The van der Waals surface area contributed by atoms with Gasteiger partial charge < -0.3 is 29.1 Å². The Labute approximate surface area is 489 Å². The number of ketones is 2. The fourth-order valence-electron chi connectivity index (χ4n) is 12.9. The summed E-state index contributed by atoms with van der Waals surface area (Å²) in [6, 6.07) is 7.89. The molecule has 6 aliphatic heterocycles. The van der Waals surface area contributed by atoms with E-state index < -0.39 is 33.4 Å². The summed E-state index contributed by atoms with van der Waals surface area (Å²) in [7, 11) is -3.82. The monoisotopic (exact) mass is 1170 g/mol. The normalized spacial score (nSPS) is 23.9. The van der Waals surface area contributed by atoms with Crippen LogP contribution in [0.1, 0.15) is 203 Å². The largest absolute Gasteiger partial charge is 0.444 e. The zero-order chi connectivity index (χ0) is 60.0. The summed E-state index contributed by atoms with van der Waals surface area (Å²) < 4.78 is 40.4. The van der Waals surface area contributed by atoms with Gasteiger partial charge in [-0.05, 0) is 123 Å². The third kappa shape index (κ3) is 18.3. The van der Waals surface area contributed by atoms with Crippen LogP contribution >= 0.6 is 0 Å². The molecule has 20 nitrogen and oxygen atoms in total. The number of Topliss-reactive ketones (excluding diaryl/α,β-unsaturated/α-hetero) is 2. The number of carbonyl (C=O) groups is 6.